The molecule has 2 aromatic heterocycles. The van der Waals surface area contributed by atoms with Crippen molar-refractivity contribution >= 4 is 21.4 Å². The van der Waals surface area contributed by atoms with Crippen LogP contribution >= 0.6 is 11.3 Å². The maximum Gasteiger partial charge on any atom is 0.250 e. The Morgan fingerprint density at radius 3 is 2.85 bits per heavy atom. The van der Waals surface area contributed by atoms with Gasteiger partial charge in [-0.2, -0.15) is 0 Å². The van der Waals surface area contributed by atoms with Gasteiger partial charge in [-0.05, 0) is 25.5 Å². The predicted molar refractivity (Wildman–Crippen MR) is 77.0 cm³/mol. The number of rotatable bonds is 6. The zero-order valence-electron chi connectivity index (χ0n) is 11.3. The van der Waals surface area contributed by atoms with Crippen LogP contribution in [0.5, 0.6) is 0 Å². The van der Waals surface area contributed by atoms with Gasteiger partial charge in [0.15, 0.2) is 0 Å². The fourth-order valence-electron chi connectivity index (χ4n) is 1.85. The molecule has 110 valence electrons. The Bertz CT molecular complexity index is 662. The Balaban J connectivity index is 2.10. The third-order valence-corrected chi connectivity index (χ3v) is 6.09. The van der Waals surface area contributed by atoms with Gasteiger partial charge in [0.25, 0.3) is 0 Å². The molecule has 0 aliphatic heterocycles. The van der Waals surface area contributed by atoms with Gasteiger partial charge in [-0.25, -0.2) is 18.1 Å². The second kappa shape index (κ2) is 6.04. The van der Waals surface area contributed by atoms with Gasteiger partial charge in [-0.3, -0.25) is 0 Å². The van der Waals surface area contributed by atoms with Gasteiger partial charge in [0.05, 0.1) is 12.9 Å². The Labute approximate surface area is 122 Å². The third kappa shape index (κ3) is 3.45. The zero-order chi connectivity index (χ0) is 14.8. The minimum Gasteiger partial charge on any atom is -0.391 e. The van der Waals surface area contributed by atoms with E-state index in [0.717, 1.165) is 16.9 Å². The minimum atomic E-state index is -3.55. The van der Waals surface area contributed by atoms with Crippen molar-refractivity contribution in [2.24, 2.45) is 0 Å². The largest absolute Gasteiger partial charge is 0.391 e. The predicted octanol–water partition coefficient (Wildman–Crippen LogP) is 1.11. The Morgan fingerprint density at radius 1 is 1.55 bits per heavy atom. The molecule has 2 rings (SSSR count). The van der Waals surface area contributed by atoms with Crippen molar-refractivity contribution < 1.29 is 13.5 Å². The molecular weight excluding hydrogens is 298 g/mol. The van der Waals surface area contributed by atoms with Crippen molar-refractivity contribution in [2.75, 3.05) is 0 Å². The maximum atomic E-state index is 12.2. The molecule has 0 bridgehead atoms. The van der Waals surface area contributed by atoms with E-state index in [-0.39, 0.29) is 16.9 Å². The fourth-order valence-corrected chi connectivity index (χ4v) is 4.55. The van der Waals surface area contributed by atoms with Gasteiger partial charge in [-0.1, -0.05) is 0 Å². The first-order valence-corrected chi connectivity index (χ1v) is 8.40. The van der Waals surface area contributed by atoms with Crippen molar-refractivity contribution in [1.29, 1.82) is 0 Å². The number of aromatic nitrogens is 2. The lowest BCUT2D eigenvalue weighted by molar-refractivity contribution is 0.285. The molecule has 0 spiro atoms. The molecule has 0 saturated carbocycles. The third-order valence-electron chi connectivity index (χ3n) is 2.81. The Morgan fingerprint density at radius 2 is 2.30 bits per heavy atom. The molecule has 1 unspecified atom stereocenters. The molecule has 0 aliphatic carbocycles. The summed E-state index contributed by atoms with van der Waals surface area (Å²) in [5.41, 5.74) is 0.792. The van der Waals surface area contributed by atoms with Crippen LogP contribution in [0.4, 0.5) is 0 Å². The van der Waals surface area contributed by atoms with E-state index < -0.39 is 10.0 Å². The van der Waals surface area contributed by atoms with Gasteiger partial charge >= 0.3 is 0 Å². The summed E-state index contributed by atoms with van der Waals surface area (Å²) >= 11 is 1.10. The molecule has 0 saturated heterocycles. The number of hydrogen-bond donors (Lipinski definition) is 2. The summed E-state index contributed by atoms with van der Waals surface area (Å²) in [6, 6.07) is 1.33. The van der Waals surface area contributed by atoms with E-state index in [9.17, 15) is 8.42 Å². The van der Waals surface area contributed by atoms with Gasteiger partial charge in [0.1, 0.15) is 4.21 Å². The summed E-state index contributed by atoms with van der Waals surface area (Å²) < 4.78 is 29.2. The second-order valence-corrected chi connectivity index (χ2v) is 7.69. The molecule has 2 N–H and O–H groups in total. The number of aryl methyl sites for hydroxylation is 1. The van der Waals surface area contributed by atoms with E-state index in [4.69, 9.17) is 5.11 Å². The fraction of sp³-hybridized carbons (Fsp3) is 0.417. The highest BCUT2D eigenvalue weighted by molar-refractivity contribution is 7.91. The molecular formula is C12H17N3O3S2. The Hall–Kier alpha value is -1.22. The standard InChI is InChI=1S/C12H17N3O3S2/c1-9-5-12(19-11(9)7-16)20(17,18)14-10(2)6-15-4-3-13-8-15/h3-5,8,10,14,16H,6-7H2,1-2H3. The molecule has 20 heavy (non-hydrogen) atoms. The average molecular weight is 315 g/mol. The van der Waals surface area contributed by atoms with E-state index in [2.05, 4.69) is 9.71 Å². The van der Waals surface area contributed by atoms with Gasteiger partial charge in [0.2, 0.25) is 10.0 Å². The first kappa shape index (κ1) is 15.2. The van der Waals surface area contributed by atoms with E-state index in [1.807, 2.05) is 4.57 Å². The Kier molecular flexibility index (Phi) is 4.59. The highest BCUT2D eigenvalue weighted by Gasteiger charge is 2.21. The van der Waals surface area contributed by atoms with Crippen LogP contribution in [0.15, 0.2) is 29.0 Å². The number of aliphatic hydroxyl groups is 1. The highest BCUT2D eigenvalue weighted by Crippen LogP contribution is 2.26. The first-order chi connectivity index (χ1) is 9.42. The van der Waals surface area contributed by atoms with Gasteiger partial charge in [-0.15, -0.1) is 11.3 Å². The van der Waals surface area contributed by atoms with E-state index in [1.165, 1.54) is 0 Å². The molecule has 1 atom stereocenters. The lowest BCUT2D eigenvalue weighted by Gasteiger charge is -2.13. The van der Waals surface area contributed by atoms with Crippen LogP contribution in [-0.4, -0.2) is 29.1 Å². The monoisotopic (exact) mass is 315 g/mol. The molecule has 0 aromatic carbocycles. The van der Waals surface area contributed by atoms with Crippen molar-refractivity contribution in [2.45, 2.75) is 37.3 Å². The summed E-state index contributed by atoms with van der Waals surface area (Å²) in [5.74, 6) is 0. The van der Waals surface area contributed by atoms with Crippen LogP contribution in [-0.2, 0) is 23.2 Å². The smallest absolute Gasteiger partial charge is 0.250 e. The van der Waals surface area contributed by atoms with Crippen LogP contribution in [0.1, 0.15) is 17.4 Å². The quantitative estimate of drug-likeness (QED) is 0.836. The lowest BCUT2D eigenvalue weighted by Crippen LogP contribution is -2.35. The summed E-state index contributed by atoms with van der Waals surface area (Å²) in [6.07, 6.45) is 5.07. The molecule has 2 aromatic rings. The summed E-state index contributed by atoms with van der Waals surface area (Å²) in [6.45, 7) is 3.95. The number of nitrogens with one attached hydrogen (secondary N) is 1. The molecule has 2 heterocycles. The van der Waals surface area contributed by atoms with Crippen molar-refractivity contribution in [3.05, 3.63) is 35.2 Å². The molecule has 0 radical (unpaired) electrons. The molecule has 8 heteroatoms. The summed E-state index contributed by atoms with van der Waals surface area (Å²) in [4.78, 5) is 4.59. The van der Waals surface area contributed by atoms with Crippen LogP contribution in [0.3, 0.4) is 0 Å². The minimum absolute atomic E-state index is 0.142. The summed E-state index contributed by atoms with van der Waals surface area (Å²) in [7, 11) is -3.55. The number of imidazole rings is 1. The van der Waals surface area contributed by atoms with Crippen molar-refractivity contribution in [3.8, 4) is 0 Å². The summed E-state index contributed by atoms with van der Waals surface area (Å²) in [5, 5.41) is 9.14. The van der Waals surface area contributed by atoms with Gasteiger partial charge < -0.3 is 9.67 Å². The van der Waals surface area contributed by atoms with Crippen LogP contribution in [0.25, 0.3) is 0 Å². The van der Waals surface area contributed by atoms with E-state index in [0.29, 0.717) is 11.4 Å². The topological polar surface area (TPSA) is 84.2 Å². The molecule has 0 amide bonds. The highest BCUT2D eigenvalue weighted by atomic mass is 32.2. The molecule has 0 fully saturated rings. The van der Waals surface area contributed by atoms with E-state index >= 15 is 0 Å². The SMILES string of the molecule is Cc1cc(S(=O)(=O)NC(C)Cn2ccnc2)sc1CO. The second-order valence-electron chi connectivity index (χ2n) is 4.61. The first-order valence-electron chi connectivity index (χ1n) is 6.10. The van der Waals surface area contributed by atoms with Crippen LogP contribution in [0, 0.1) is 6.92 Å². The van der Waals surface area contributed by atoms with Crippen LogP contribution < -0.4 is 4.72 Å². The van der Waals surface area contributed by atoms with E-state index in [1.54, 1.807) is 38.6 Å². The maximum absolute atomic E-state index is 12.2. The van der Waals surface area contributed by atoms with Gasteiger partial charge in [0, 0.05) is 29.9 Å². The molecule has 6 nitrogen and oxygen atoms in total. The van der Waals surface area contributed by atoms with Crippen molar-refractivity contribution in [3.63, 3.8) is 0 Å². The number of sulfonamides is 1. The average Bonchev–Trinajstić information content (AvgIpc) is 2.97. The van der Waals surface area contributed by atoms with Crippen molar-refractivity contribution in [1.82, 2.24) is 14.3 Å². The number of aliphatic hydroxyl groups excluding tert-OH is 1. The van der Waals surface area contributed by atoms with Crippen LogP contribution in [0.2, 0.25) is 0 Å². The zero-order valence-corrected chi connectivity index (χ0v) is 12.9. The number of nitrogens with zero attached hydrogens (tertiary/aromatic N) is 2. The number of thiophene rings is 1. The normalized spacial score (nSPS) is 13.6. The number of hydrogen-bond acceptors (Lipinski definition) is 5. The molecule has 0 aliphatic rings. The lowest BCUT2D eigenvalue weighted by atomic mass is 10.3.